The number of aryl methyl sites for hydroxylation is 2. The molecule has 0 aromatic carbocycles. The Bertz CT molecular complexity index is 1420. The summed E-state index contributed by atoms with van der Waals surface area (Å²) in [5.41, 5.74) is 7.30. The minimum absolute atomic E-state index is 0.0802. The Labute approximate surface area is 201 Å². The molecule has 174 valence electrons. The molecule has 0 bridgehead atoms. The molecule has 9 nitrogen and oxygen atoms in total. The highest BCUT2D eigenvalue weighted by Gasteiger charge is 2.42. The summed E-state index contributed by atoms with van der Waals surface area (Å²) >= 11 is 6.29. The van der Waals surface area contributed by atoms with E-state index >= 15 is 0 Å². The Balaban J connectivity index is 1.43. The van der Waals surface area contributed by atoms with Crippen LogP contribution in [0.4, 0.5) is 0 Å². The number of methoxy groups -OCH3 is 1. The van der Waals surface area contributed by atoms with E-state index < -0.39 is 0 Å². The molecule has 2 atom stereocenters. The Hall–Kier alpha value is -3.43. The van der Waals surface area contributed by atoms with Gasteiger partial charge in [0.1, 0.15) is 29.2 Å². The molecule has 1 aliphatic heterocycles. The predicted octanol–water partition coefficient (Wildman–Crippen LogP) is 3.93. The molecule has 6 rings (SSSR count). The number of nitrogens with one attached hydrogen (secondary N) is 1. The van der Waals surface area contributed by atoms with Gasteiger partial charge in [0.15, 0.2) is 5.84 Å². The van der Waals surface area contributed by atoms with Crippen LogP contribution in [0, 0.1) is 12.8 Å². The van der Waals surface area contributed by atoms with Crippen molar-refractivity contribution in [3.63, 3.8) is 0 Å². The molecule has 0 spiro atoms. The predicted molar refractivity (Wildman–Crippen MR) is 128 cm³/mol. The minimum Gasteiger partial charge on any atom is -0.479 e. The molecule has 1 saturated carbocycles. The Morgan fingerprint density at radius 3 is 2.79 bits per heavy atom. The third-order valence-electron chi connectivity index (χ3n) is 6.35. The zero-order valence-corrected chi connectivity index (χ0v) is 19.8. The maximum absolute atomic E-state index is 6.29. The third-order valence-corrected chi connectivity index (χ3v) is 6.56. The van der Waals surface area contributed by atoms with E-state index in [1.54, 1.807) is 19.6 Å². The Kier molecular flexibility index (Phi) is 5.04. The molecule has 0 unspecified atom stereocenters. The number of hydrogen-bond donors (Lipinski definition) is 1. The number of amidine groups is 1. The summed E-state index contributed by atoms with van der Waals surface area (Å²) in [6.07, 6.45) is 9.58. The van der Waals surface area contributed by atoms with Crippen molar-refractivity contribution in [3.8, 4) is 11.6 Å². The van der Waals surface area contributed by atoms with Gasteiger partial charge in [0.25, 0.3) is 0 Å². The number of fused-ring (bicyclic) bond motifs is 1. The van der Waals surface area contributed by atoms with Crippen LogP contribution in [-0.2, 0) is 11.9 Å². The molecule has 34 heavy (non-hydrogen) atoms. The van der Waals surface area contributed by atoms with Crippen LogP contribution < -0.4 is 10.2 Å². The molecule has 5 heterocycles. The first-order valence-corrected chi connectivity index (χ1v) is 11.6. The van der Waals surface area contributed by atoms with E-state index in [0.717, 1.165) is 40.8 Å². The molecular weight excluding hydrogens is 454 g/mol. The molecule has 2 aliphatic rings. The van der Waals surface area contributed by atoms with Crippen LogP contribution in [0.15, 0.2) is 48.1 Å². The smallest absolute Gasteiger partial charge is 0.238 e. The van der Waals surface area contributed by atoms with Crippen molar-refractivity contribution in [2.75, 3.05) is 7.11 Å². The summed E-state index contributed by atoms with van der Waals surface area (Å²) in [7, 11) is 3.58. The molecule has 0 radical (unpaired) electrons. The van der Waals surface area contributed by atoms with Gasteiger partial charge < -0.3 is 13.9 Å². The van der Waals surface area contributed by atoms with Crippen LogP contribution in [0.3, 0.4) is 0 Å². The van der Waals surface area contributed by atoms with Gasteiger partial charge in [-0.15, -0.1) is 0 Å². The van der Waals surface area contributed by atoms with Gasteiger partial charge in [-0.1, -0.05) is 11.6 Å². The molecule has 0 saturated heterocycles. The van der Waals surface area contributed by atoms with Crippen molar-refractivity contribution in [1.29, 1.82) is 0 Å². The van der Waals surface area contributed by atoms with E-state index in [1.807, 2.05) is 47.5 Å². The Morgan fingerprint density at radius 1 is 1.21 bits per heavy atom. The van der Waals surface area contributed by atoms with E-state index in [4.69, 9.17) is 31.2 Å². The van der Waals surface area contributed by atoms with Crippen LogP contribution in [0.25, 0.3) is 16.7 Å². The van der Waals surface area contributed by atoms with E-state index in [-0.39, 0.29) is 12.1 Å². The number of hydrogen-bond acceptors (Lipinski definition) is 7. The van der Waals surface area contributed by atoms with Crippen molar-refractivity contribution in [1.82, 2.24) is 29.6 Å². The summed E-state index contributed by atoms with van der Waals surface area (Å²) in [5.74, 6) is 1.49. The third kappa shape index (κ3) is 3.61. The number of pyridine rings is 2. The molecule has 1 N–H and O–H groups in total. The number of ether oxygens (including phenoxy) is 1. The van der Waals surface area contributed by atoms with Gasteiger partial charge in [0.2, 0.25) is 5.88 Å². The van der Waals surface area contributed by atoms with Gasteiger partial charge >= 0.3 is 0 Å². The number of halogens is 1. The lowest BCUT2D eigenvalue weighted by molar-refractivity contribution is -0.0290. The first-order chi connectivity index (χ1) is 16.5. The first-order valence-electron chi connectivity index (χ1n) is 11.2. The van der Waals surface area contributed by atoms with Crippen molar-refractivity contribution < 1.29 is 9.57 Å². The lowest BCUT2D eigenvalue weighted by Gasteiger charge is -2.30. The largest absolute Gasteiger partial charge is 0.479 e. The fraction of sp³-hybridized carbons (Fsp3) is 0.333. The van der Waals surface area contributed by atoms with Crippen molar-refractivity contribution >= 4 is 28.5 Å². The quantitative estimate of drug-likeness (QED) is 0.468. The highest BCUT2D eigenvalue weighted by atomic mass is 35.5. The van der Waals surface area contributed by atoms with Gasteiger partial charge in [0.05, 0.1) is 24.2 Å². The van der Waals surface area contributed by atoms with E-state index in [9.17, 15) is 0 Å². The normalized spacial score (nSPS) is 20.3. The molecule has 4 aromatic heterocycles. The average Bonchev–Trinajstić information content (AvgIpc) is 3.53. The van der Waals surface area contributed by atoms with Crippen molar-refractivity contribution in [3.05, 3.63) is 65.1 Å². The highest BCUT2D eigenvalue weighted by Crippen LogP contribution is 2.44. The van der Waals surface area contributed by atoms with Crippen molar-refractivity contribution in [2.45, 2.75) is 31.9 Å². The second-order valence-electron chi connectivity index (χ2n) is 8.81. The summed E-state index contributed by atoms with van der Waals surface area (Å²) in [4.78, 5) is 24.8. The number of aliphatic imine (C=N–C) groups is 1. The second kappa shape index (κ2) is 8.11. The van der Waals surface area contributed by atoms with Crippen LogP contribution in [0.1, 0.15) is 35.8 Å². The molecular formula is C24H24ClN7O2. The van der Waals surface area contributed by atoms with Crippen molar-refractivity contribution in [2.24, 2.45) is 18.0 Å². The fourth-order valence-electron chi connectivity index (χ4n) is 4.54. The summed E-state index contributed by atoms with van der Waals surface area (Å²) in [6.45, 7) is 1.94. The van der Waals surface area contributed by atoms with Crippen LogP contribution in [0.5, 0.6) is 5.88 Å². The lowest BCUT2D eigenvalue weighted by atomic mass is 9.98. The zero-order valence-electron chi connectivity index (χ0n) is 19.1. The standard InChI is InChI=1S/C24H24ClN7O2/c1-13-10-32(12-27-13)19-7-6-18(28-24(19)33-3)22-29-20(21(34-30-22)14-4-5-14)17-11-31(2)23-16(17)8-15(25)9-26-23/h6-12,14,20-21H,4-5H2,1-3H3,(H,29,30)/t20-,21+/m1/s1. The van der Waals surface area contributed by atoms with Crippen LogP contribution >= 0.6 is 11.6 Å². The monoisotopic (exact) mass is 477 g/mol. The second-order valence-corrected chi connectivity index (χ2v) is 9.25. The Morgan fingerprint density at radius 2 is 2.06 bits per heavy atom. The highest BCUT2D eigenvalue weighted by molar-refractivity contribution is 6.31. The topological polar surface area (TPSA) is 91.4 Å². The maximum atomic E-state index is 6.29. The zero-order chi connectivity index (χ0) is 23.4. The number of aromatic nitrogens is 5. The first kappa shape index (κ1) is 21.1. The van der Waals surface area contributed by atoms with E-state index in [2.05, 4.69) is 21.6 Å². The van der Waals surface area contributed by atoms with Gasteiger partial charge in [-0.3, -0.25) is 9.83 Å². The van der Waals surface area contributed by atoms with Gasteiger partial charge in [0, 0.05) is 36.6 Å². The van der Waals surface area contributed by atoms with Crippen LogP contribution in [-0.4, -0.2) is 43.1 Å². The molecule has 10 heteroatoms. The van der Waals surface area contributed by atoms with E-state index in [0.29, 0.717) is 28.4 Å². The number of imidazole rings is 1. The van der Waals surface area contributed by atoms with E-state index in [1.165, 1.54) is 0 Å². The van der Waals surface area contributed by atoms with Gasteiger partial charge in [-0.25, -0.2) is 20.4 Å². The minimum atomic E-state index is -0.212. The SMILES string of the molecule is COc1nc(C2=N[C@H](c3cn(C)c4ncc(Cl)cc34)[C@H](C3CC3)ON2)ccc1-n1cnc(C)c1. The average molecular weight is 478 g/mol. The molecule has 1 fully saturated rings. The maximum Gasteiger partial charge on any atom is 0.238 e. The molecule has 0 amide bonds. The number of nitrogens with zero attached hydrogens (tertiary/aromatic N) is 6. The molecule has 4 aromatic rings. The van der Waals surface area contributed by atoms with Crippen LogP contribution in [0.2, 0.25) is 5.02 Å². The summed E-state index contributed by atoms with van der Waals surface area (Å²) in [6, 6.07) is 5.58. The van der Waals surface area contributed by atoms with Gasteiger partial charge in [-0.05, 0) is 43.9 Å². The number of hydroxylamine groups is 1. The fourth-order valence-corrected chi connectivity index (χ4v) is 4.69. The summed E-state index contributed by atoms with van der Waals surface area (Å²) in [5, 5.41) is 1.58. The number of rotatable bonds is 5. The summed E-state index contributed by atoms with van der Waals surface area (Å²) < 4.78 is 9.48. The lowest BCUT2D eigenvalue weighted by Crippen LogP contribution is -2.40. The van der Waals surface area contributed by atoms with Gasteiger partial charge in [-0.2, -0.15) is 0 Å². The molecule has 1 aliphatic carbocycles.